The molecule has 0 unspecified atom stereocenters. The Morgan fingerprint density at radius 1 is 1.16 bits per heavy atom. The maximum Gasteiger partial charge on any atom is 0.238 e. The number of Topliss-reactive ketones (excluding diaryl/α,β-unsaturated/α-hetero) is 1. The Kier molecular flexibility index (Phi) is 7.16. The summed E-state index contributed by atoms with van der Waals surface area (Å²) in [6.07, 6.45) is 0. The largest absolute Gasteiger partial charge is 0.492 e. The molecule has 0 atom stereocenters. The van der Waals surface area contributed by atoms with Crippen LogP contribution in [-0.4, -0.2) is 43.3 Å². The van der Waals surface area contributed by atoms with Crippen molar-refractivity contribution in [3.63, 3.8) is 0 Å². The van der Waals surface area contributed by atoms with Crippen molar-refractivity contribution in [2.24, 2.45) is 0 Å². The first-order chi connectivity index (χ1) is 11.9. The zero-order chi connectivity index (χ0) is 18.2. The summed E-state index contributed by atoms with van der Waals surface area (Å²) in [5.74, 6) is 0.632. The lowest BCUT2D eigenvalue weighted by atomic mass is 10.1. The summed E-state index contributed by atoms with van der Waals surface area (Å²) in [7, 11) is 1.86. The Hall–Kier alpha value is -2.18. The van der Waals surface area contributed by atoms with Crippen LogP contribution in [0.2, 0.25) is 0 Å². The zero-order valence-corrected chi connectivity index (χ0v) is 15.9. The molecule has 2 rings (SSSR count). The number of carbonyl (C=O) groups is 2. The van der Waals surface area contributed by atoms with Gasteiger partial charge in [-0.25, -0.2) is 0 Å². The van der Waals surface area contributed by atoms with Gasteiger partial charge in [-0.1, -0.05) is 28.1 Å². The molecule has 0 spiro atoms. The van der Waals surface area contributed by atoms with Crippen LogP contribution < -0.4 is 10.1 Å². The van der Waals surface area contributed by atoms with Crippen LogP contribution in [0.3, 0.4) is 0 Å². The SMILES string of the molecule is CC(=O)c1cccc(NC(=O)CN(C)CCOc2ccc(Br)cc2)c1. The van der Waals surface area contributed by atoms with E-state index in [-0.39, 0.29) is 18.2 Å². The molecular formula is C19H21BrN2O3. The van der Waals surface area contributed by atoms with E-state index in [9.17, 15) is 9.59 Å². The zero-order valence-electron chi connectivity index (χ0n) is 14.3. The van der Waals surface area contributed by atoms with E-state index in [0.717, 1.165) is 10.2 Å². The highest BCUT2D eigenvalue weighted by molar-refractivity contribution is 9.10. The van der Waals surface area contributed by atoms with Crippen LogP contribution >= 0.6 is 15.9 Å². The molecule has 0 radical (unpaired) electrons. The quantitative estimate of drug-likeness (QED) is 0.682. The van der Waals surface area contributed by atoms with Crippen LogP contribution in [-0.2, 0) is 4.79 Å². The van der Waals surface area contributed by atoms with Crippen LogP contribution in [0.5, 0.6) is 5.75 Å². The lowest BCUT2D eigenvalue weighted by molar-refractivity contribution is -0.117. The Bertz CT molecular complexity index is 732. The number of benzene rings is 2. The highest BCUT2D eigenvalue weighted by Gasteiger charge is 2.08. The fourth-order valence-electron chi connectivity index (χ4n) is 2.19. The van der Waals surface area contributed by atoms with E-state index in [1.165, 1.54) is 6.92 Å². The first-order valence-electron chi connectivity index (χ1n) is 7.92. The second-order valence-corrected chi connectivity index (χ2v) is 6.64. The molecule has 0 saturated heterocycles. The van der Waals surface area contributed by atoms with Crippen LogP contribution in [0.15, 0.2) is 53.0 Å². The summed E-state index contributed by atoms with van der Waals surface area (Å²) >= 11 is 3.38. The first kappa shape index (κ1) is 19.1. The van der Waals surface area contributed by atoms with Gasteiger partial charge in [-0.3, -0.25) is 14.5 Å². The smallest absolute Gasteiger partial charge is 0.238 e. The number of carbonyl (C=O) groups excluding carboxylic acids is 2. The lowest BCUT2D eigenvalue weighted by Crippen LogP contribution is -2.33. The molecule has 2 aromatic carbocycles. The van der Waals surface area contributed by atoms with E-state index in [1.807, 2.05) is 36.2 Å². The van der Waals surface area contributed by atoms with Crippen molar-refractivity contribution in [1.82, 2.24) is 4.90 Å². The molecule has 0 saturated carbocycles. The topological polar surface area (TPSA) is 58.6 Å². The summed E-state index contributed by atoms with van der Waals surface area (Å²) in [6.45, 7) is 2.86. The summed E-state index contributed by atoms with van der Waals surface area (Å²) in [6, 6.07) is 14.5. The average molecular weight is 405 g/mol. The van der Waals surface area contributed by atoms with Gasteiger partial charge < -0.3 is 10.1 Å². The minimum Gasteiger partial charge on any atom is -0.492 e. The van der Waals surface area contributed by atoms with E-state index >= 15 is 0 Å². The van der Waals surface area contributed by atoms with Crippen LogP contribution in [0.4, 0.5) is 5.69 Å². The third-order valence-electron chi connectivity index (χ3n) is 3.52. The predicted octanol–water partition coefficient (Wildman–Crippen LogP) is 3.60. The van der Waals surface area contributed by atoms with Crippen LogP contribution in [0.25, 0.3) is 0 Å². The molecule has 0 aliphatic rings. The number of nitrogens with zero attached hydrogens (tertiary/aromatic N) is 1. The molecule has 0 aliphatic carbocycles. The Balaban J connectivity index is 1.75. The fraction of sp³-hybridized carbons (Fsp3) is 0.263. The molecule has 132 valence electrons. The number of rotatable bonds is 8. The fourth-order valence-corrected chi connectivity index (χ4v) is 2.46. The van der Waals surface area contributed by atoms with Gasteiger partial charge in [0.1, 0.15) is 12.4 Å². The molecule has 1 amide bonds. The Labute approximate surface area is 156 Å². The number of anilines is 1. The highest BCUT2D eigenvalue weighted by Crippen LogP contribution is 2.16. The number of halogens is 1. The van der Waals surface area contributed by atoms with Crippen molar-refractivity contribution in [1.29, 1.82) is 0 Å². The number of ketones is 1. The lowest BCUT2D eigenvalue weighted by Gasteiger charge is -2.17. The summed E-state index contributed by atoms with van der Waals surface area (Å²) in [4.78, 5) is 25.3. The Morgan fingerprint density at radius 3 is 2.56 bits per heavy atom. The van der Waals surface area contributed by atoms with Crippen LogP contribution in [0, 0.1) is 0 Å². The number of amides is 1. The summed E-state index contributed by atoms with van der Waals surface area (Å²) < 4.78 is 6.64. The number of likely N-dealkylation sites (N-methyl/N-ethyl adjacent to an activating group) is 1. The molecule has 0 aliphatic heterocycles. The molecule has 5 nitrogen and oxygen atoms in total. The van der Waals surface area contributed by atoms with Gasteiger partial charge in [0.2, 0.25) is 5.91 Å². The van der Waals surface area contributed by atoms with Crippen LogP contribution in [0.1, 0.15) is 17.3 Å². The van der Waals surface area contributed by atoms with E-state index < -0.39 is 0 Å². The van der Waals surface area contributed by atoms with Crippen molar-refractivity contribution in [3.05, 3.63) is 58.6 Å². The van der Waals surface area contributed by atoms with E-state index in [4.69, 9.17) is 4.74 Å². The van der Waals surface area contributed by atoms with Gasteiger partial charge >= 0.3 is 0 Å². The second-order valence-electron chi connectivity index (χ2n) is 5.73. The van der Waals surface area contributed by atoms with Crippen molar-refractivity contribution in [2.45, 2.75) is 6.92 Å². The maximum absolute atomic E-state index is 12.1. The standard InChI is InChI=1S/C19H21BrN2O3/c1-14(23)15-4-3-5-17(12-15)21-19(24)13-22(2)10-11-25-18-8-6-16(20)7-9-18/h3-9,12H,10-11,13H2,1-2H3,(H,21,24). The monoisotopic (exact) mass is 404 g/mol. The molecule has 0 heterocycles. The minimum atomic E-state index is -0.133. The average Bonchev–Trinajstić information content (AvgIpc) is 2.56. The molecular weight excluding hydrogens is 384 g/mol. The number of hydrogen-bond acceptors (Lipinski definition) is 4. The van der Waals surface area contributed by atoms with Crippen molar-refractivity contribution in [3.8, 4) is 5.75 Å². The van der Waals surface area contributed by atoms with Crippen molar-refractivity contribution >= 4 is 33.3 Å². The number of ether oxygens (including phenoxy) is 1. The van der Waals surface area contributed by atoms with Crippen molar-refractivity contribution in [2.75, 3.05) is 32.1 Å². The summed E-state index contributed by atoms with van der Waals surface area (Å²) in [5, 5.41) is 2.80. The van der Waals surface area contributed by atoms with Gasteiger partial charge in [-0.2, -0.15) is 0 Å². The third kappa shape index (κ3) is 6.68. The van der Waals surface area contributed by atoms with Gasteiger partial charge in [0, 0.05) is 22.3 Å². The van der Waals surface area contributed by atoms with Gasteiger partial charge in [0.25, 0.3) is 0 Å². The van der Waals surface area contributed by atoms with Gasteiger partial charge in [-0.15, -0.1) is 0 Å². The summed E-state index contributed by atoms with van der Waals surface area (Å²) in [5.41, 5.74) is 1.20. The minimum absolute atomic E-state index is 0.0293. The molecule has 0 bridgehead atoms. The Morgan fingerprint density at radius 2 is 1.88 bits per heavy atom. The van der Waals surface area contributed by atoms with Gasteiger partial charge in [0.15, 0.2) is 5.78 Å². The molecule has 0 fully saturated rings. The molecule has 6 heteroatoms. The maximum atomic E-state index is 12.1. The second kappa shape index (κ2) is 9.34. The van der Waals surface area contributed by atoms with Crippen molar-refractivity contribution < 1.29 is 14.3 Å². The van der Waals surface area contributed by atoms with E-state index in [2.05, 4.69) is 21.2 Å². The molecule has 2 aromatic rings. The molecule has 25 heavy (non-hydrogen) atoms. The molecule has 1 N–H and O–H groups in total. The third-order valence-corrected chi connectivity index (χ3v) is 4.05. The highest BCUT2D eigenvalue weighted by atomic mass is 79.9. The first-order valence-corrected chi connectivity index (χ1v) is 8.71. The number of hydrogen-bond donors (Lipinski definition) is 1. The van der Waals surface area contributed by atoms with Gasteiger partial charge in [0.05, 0.1) is 6.54 Å². The number of nitrogens with one attached hydrogen (secondary N) is 1. The normalized spacial score (nSPS) is 10.6. The predicted molar refractivity (Wildman–Crippen MR) is 102 cm³/mol. The van der Waals surface area contributed by atoms with E-state index in [1.54, 1.807) is 24.3 Å². The molecule has 0 aromatic heterocycles. The van der Waals surface area contributed by atoms with Gasteiger partial charge in [-0.05, 0) is 50.4 Å². The van der Waals surface area contributed by atoms with E-state index in [0.29, 0.717) is 24.4 Å².